The summed E-state index contributed by atoms with van der Waals surface area (Å²) in [5.74, 6) is -0.117. The first-order valence-corrected chi connectivity index (χ1v) is 7.10. The van der Waals surface area contributed by atoms with Crippen molar-refractivity contribution in [1.82, 2.24) is 5.32 Å². The maximum absolute atomic E-state index is 11.8. The van der Waals surface area contributed by atoms with Crippen LogP contribution < -0.4 is 11.1 Å². The number of carbonyl (C=O) groups excluding carboxylic acids is 1. The molecule has 0 aliphatic carbocycles. The molecule has 1 aromatic carbocycles. The van der Waals surface area contributed by atoms with Crippen LogP contribution in [0.4, 0.5) is 0 Å². The molecule has 1 amide bonds. The van der Waals surface area contributed by atoms with Gasteiger partial charge in [-0.15, -0.1) is 0 Å². The zero-order valence-electron chi connectivity index (χ0n) is 9.71. The fraction of sp³-hybridized carbons (Fsp3) is 0.333. The molecule has 0 saturated heterocycles. The molecule has 0 radical (unpaired) electrons. The van der Waals surface area contributed by atoms with Crippen LogP contribution in [0.5, 0.6) is 0 Å². The van der Waals surface area contributed by atoms with E-state index in [0.29, 0.717) is 26.6 Å². The van der Waals surface area contributed by atoms with Crippen LogP contribution in [0.25, 0.3) is 0 Å². The summed E-state index contributed by atoms with van der Waals surface area (Å²) in [5.41, 5.74) is 5.96. The fourth-order valence-corrected chi connectivity index (χ4v) is 2.40. The van der Waals surface area contributed by atoms with Crippen LogP contribution in [0.1, 0.15) is 29.6 Å². The highest BCUT2D eigenvalue weighted by Crippen LogP contribution is 2.21. The predicted octanol–water partition coefficient (Wildman–Crippen LogP) is 3.29. The molecule has 6 heteroatoms. The van der Waals surface area contributed by atoms with Gasteiger partial charge in [0.05, 0.1) is 10.6 Å². The Hall–Kier alpha value is -0.650. The Balaban J connectivity index is 2.39. The van der Waals surface area contributed by atoms with E-state index in [0.717, 1.165) is 19.3 Å². The van der Waals surface area contributed by atoms with Gasteiger partial charge in [0, 0.05) is 16.0 Å². The first-order valence-electron chi connectivity index (χ1n) is 5.52. The van der Waals surface area contributed by atoms with Crippen LogP contribution in [0.15, 0.2) is 22.7 Å². The second-order valence-electron chi connectivity index (χ2n) is 3.80. The number of halogens is 2. The van der Waals surface area contributed by atoms with E-state index >= 15 is 0 Å². The van der Waals surface area contributed by atoms with Crippen molar-refractivity contribution in [1.29, 1.82) is 0 Å². The number of benzene rings is 1. The molecule has 0 atom stereocenters. The summed E-state index contributed by atoms with van der Waals surface area (Å²) < 4.78 is 0.690. The molecular weight excluding hydrogens is 336 g/mol. The minimum atomic E-state index is -0.117. The summed E-state index contributed by atoms with van der Waals surface area (Å²) in [6, 6.07) is 5.08. The van der Waals surface area contributed by atoms with Gasteiger partial charge in [-0.25, -0.2) is 0 Å². The van der Waals surface area contributed by atoms with Gasteiger partial charge in [-0.3, -0.25) is 4.79 Å². The van der Waals surface area contributed by atoms with Crippen molar-refractivity contribution in [3.63, 3.8) is 0 Å². The first kappa shape index (κ1) is 15.4. The van der Waals surface area contributed by atoms with Gasteiger partial charge < -0.3 is 11.1 Å². The number of nitrogens with one attached hydrogen (secondary N) is 1. The Morgan fingerprint density at radius 3 is 2.78 bits per heavy atom. The number of hydrogen-bond donors (Lipinski definition) is 2. The van der Waals surface area contributed by atoms with E-state index in [4.69, 9.17) is 29.6 Å². The number of rotatable bonds is 6. The summed E-state index contributed by atoms with van der Waals surface area (Å²) >= 11 is 13.9. The van der Waals surface area contributed by atoms with Crippen LogP contribution in [0.3, 0.4) is 0 Å². The van der Waals surface area contributed by atoms with Crippen molar-refractivity contribution in [2.75, 3.05) is 6.54 Å². The highest BCUT2D eigenvalue weighted by molar-refractivity contribution is 9.10. The Labute approximate surface area is 125 Å². The lowest BCUT2D eigenvalue weighted by Gasteiger charge is -2.07. The highest BCUT2D eigenvalue weighted by atomic mass is 79.9. The average molecular weight is 350 g/mol. The quantitative estimate of drug-likeness (QED) is 0.612. The molecule has 1 rings (SSSR count). The van der Waals surface area contributed by atoms with Gasteiger partial charge in [-0.1, -0.05) is 23.8 Å². The van der Waals surface area contributed by atoms with E-state index in [9.17, 15) is 4.79 Å². The molecule has 0 fully saturated rings. The van der Waals surface area contributed by atoms with Crippen molar-refractivity contribution in [3.05, 3.63) is 33.3 Å². The Bertz CT molecular complexity index is 454. The standard InChI is InChI=1S/C12H14BrClN2OS/c13-10-7-8(14)4-5-9(10)12(17)16-6-2-1-3-11(15)18/h4-5,7H,1-3,6H2,(H2,15,18)(H,16,17). The lowest BCUT2D eigenvalue weighted by Crippen LogP contribution is -2.25. The fourth-order valence-electron chi connectivity index (χ4n) is 1.39. The Morgan fingerprint density at radius 1 is 1.44 bits per heavy atom. The van der Waals surface area contributed by atoms with Crippen LogP contribution >= 0.6 is 39.7 Å². The third-order valence-corrected chi connectivity index (χ3v) is 3.41. The summed E-state index contributed by atoms with van der Waals surface area (Å²) in [4.78, 5) is 12.4. The van der Waals surface area contributed by atoms with Crippen LogP contribution in [-0.2, 0) is 0 Å². The second kappa shape index (κ2) is 7.71. The van der Waals surface area contributed by atoms with Gasteiger partial charge >= 0.3 is 0 Å². The molecule has 1 aromatic rings. The molecule has 0 unspecified atom stereocenters. The molecule has 3 nitrogen and oxygen atoms in total. The molecule has 0 aliphatic rings. The average Bonchev–Trinajstić information content (AvgIpc) is 2.27. The number of unbranched alkanes of at least 4 members (excludes halogenated alkanes) is 1. The van der Waals surface area contributed by atoms with E-state index in [1.807, 2.05) is 0 Å². The molecule has 0 bridgehead atoms. The minimum Gasteiger partial charge on any atom is -0.393 e. The molecule has 3 N–H and O–H groups in total. The molecule has 0 saturated carbocycles. The Morgan fingerprint density at radius 2 is 2.17 bits per heavy atom. The van der Waals surface area contributed by atoms with Gasteiger partial charge in [0.1, 0.15) is 0 Å². The first-order chi connectivity index (χ1) is 8.50. The zero-order chi connectivity index (χ0) is 13.5. The topological polar surface area (TPSA) is 55.1 Å². The van der Waals surface area contributed by atoms with Crippen molar-refractivity contribution in [2.45, 2.75) is 19.3 Å². The third kappa shape index (κ3) is 5.33. The van der Waals surface area contributed by atoms with Crippen LogP contribution in [0.2, 0.25) is 5.02 Å². The molecule has 0 aromatic heterocycles. The third-order valence-electron chi connectivity index (χ3n) is 2.31. The molecule has 0 heterocycles. The number of carbonyl (C=O) groups is 1. The number of nitrogens with two attached hydrogens (primary N) is 1. The molecule has 0 aliphatic heterocycles. The van der Waals surface area contributed by atoms with Crippen molar-refractivity contribution in [2.24, 2.45) is 5.73 Å². The van der Waals surface area contributed by atoms with Crippen molar-refractivity contribution in [3.8, 4) is 0 Å². The second-order valence-corrected chi connectivity index (χ2v) is 5.62. The Kier molecular flexibility index (Phi) is 6.60. The van der Waals surface area contributed by atoms with Crippen molar-refractivity contribution < 1.29 is 4.79 Å². The molecule has 98 valence electrons. The minimum absolute atomic E-state index is 0.117. The molecule has 18 heavy (non-hydrogen) atoms. The normalized spacial score (nSPS) is 10.1. The van der Waals surface area contributed by atoms with Gasteiger partial charge in [0.15, 0.2) is 0 Å². The highest BCUT2D eigenvalue weighted by Gasteiger charge is 2.09. The SMILES string of the molecule is NC(=S)CCCCNC(=O)c1ccc(Cl)cc1Br. The number of hydrogen-bond acceptors (Lipinski definition) is 2. The van der Waals surface area contributed by atoms with Gasteiger partial charge in [-0.2, -0.15) is 0 Å². The summed E-state index contributed by atoms with van der Waals surface area (Å²) in [6.45, 7) is 0.608. The summed E-state index contributed by atoms with van der Waals surface area (Å²) in [5, 5.41) is 3.43. The lowest BCUT2D eigenvalue weighted by atomic mass is 10.2. The number of amides is 1. The monoisotopic (exact) mass is 348 g/mol. The number of thiocarbonyl (C=S) groups is 1. The largest absolute Gasteiger partial charge is 0.393 e. The van der Waals surface area contributed by atoms with Gasteiger partial charge in [0.2, 0.25) is 0 Å². The van der Waals surface area contributed by atoms with E-state index in [1.165, 1.54) is 0 Å². The molecular formula is C12H14BrClN2OS. The smallest absolute Gasteiger partial charge is 0.252 e. The molecule has 0 spiro atoms. The van der Waals surface area contributed by atoms with E-state index in [1.54, 1.807) is 18.2 Å². The van der Waals surface area contributed by atoms with E-state index in [2.05, 4.69) is 21.2 Å². The van der Waals surface area contributed by atoms with E-state index in [-0.39, 0.29) is 5.91 Å². The summed E-state index contributed by atoms with van der Waals surface area (Å²) in [7, 11) is 0. The van der Waals surface area contributed by atoms with Crippen LogP contribution in [-0.4, -0.2) is 17.4 Å². The zero-order valence-corrected chi connectivity index (χ0v) is 12.9. The maximum Gasteiger partial charge on any atom is 0.252 e. The predicted molar refractivity (Wildman–Crippen MR) is 82.1 cm³/mol. The van der Waals surface area contributed by atoms with E-state index < -0.39 is 0 Å². The van der Waals surface area contributed by atoms with Crippen molar-refractivity contribution >= 4 is 50.6 Å². The summed E-state index contributed by atoms with van der Waals surface area (Å²) in [6.07, 6.45) is 2.46. The van der Waals surface area contributed by atoms with Gasteiger partial charge in [0.25, 0.3) is 5.91 Å². The maximum atomic E-state index is 11.8. The van der Waals surface area contributed by atoms with Crippen LogP contribution in [0, 0.1) is 0 Å². The lowest BCUT2D eigenvalue weighted by molar-refractivity contribution is 0.0952. The van der Waals surface area contributed by atoms with Gasteiger partial charge in [-0.05, 0) is 53.4 Å².